The molecule has 0 saturated heterocycles. The second kappa shape index (κ2) is 5.97. The molecule has 4 nitrogen and oxygen atoms in total. The van der Waals surface area contributed by atoms with Crippen molar-refractivity contribution in [1.29, 1.82) is 0 Å². The minimum atomic E-state index is 0.234. The molecule has 98 valence electrons. The molecule has 1 unspecified atom stereocenters. The molecule has 0 aliphatic rings. The zero-order valence-corrected chi connectivity index (χ0v) is 12.9. The zero-order chi connectivity index (χ0) is 13.1. The minimum absolute atomic E-state index is 0.234. The van der Waals surface area contributed by atoms with Crippen molar-refractivity contribution in [1.82, 2.24) is 14.5 Å². The lowest BCUT2D eigenvalue weighted by molar-refractivity contribution is 0.237. The van der Waals surface area contributed by atoms with Gasteiger partial charge in [-0.25, -0.2) is 4.98 Å². The Labute approximate surface area is 120 Å². The lowest BCUT2D eigenvalue weighted by Crippen LogP contribution is -2.30. The zero-order valence-electron chi connectivity index (χ0n) is 10.5. The molecule has 2 rings (SSSR count). The number of likely N-dealkylation sites (N-methyl/N-ethyl adjacent to an activating group) is 1. The second-order valence-electron chi connectivity index (χ2n) is 4.29. The normalized spacial score (nSPS) is 13.2. The average Bonchev–Trinajstić information content (AvgIpc) is 2.91. The SMILES string of the molecule is CN(Cc1nccn1C)C(CN)c1cc(Br)cs1. The van der Waals surface area contributed by atoms with Crippen LogP contribution < -0.4 is 5.73 Å². The molecule has 6 heteroatoms. The van der Waals surface area contributed by atoms with Gasteiger partial charge in [0.1, 0.15) is 5.82 Å². The summed E-state index contributed by atoms with van der Waals surface area (Å²) < 4.78 is 3.15. The van der Waals surface area contributed by atoms with E-state index in [-0.39, 0.29) is 6.04 Å². The van der Waals surface area contributed by atoms with E-state index >= 15 is 0 Å². The smallest absolute Gasteiger partial charge is 0.122 e. The van der Waals surface area contributed by atoms with Crippen LogP contribution in [0.25, 0.3) is 0 Å². The van der Waals surface area contributed by atoms with E-state index in [1.807, 2.05) is 24.0 Å². The van der Waals surface area contributed by atoms with Crippen LogP contribution in [0.3, 0.4) is 0 Å². The fourth-order valence-electron chi connectivity index (χ4n) is 1.90. The van der Waals surface area contributed by atoms with Crippen LogP contribution in [0.5, 0.6) is 0 Å². The number of nitrogens with two attached hydrogens (primary N) is 1. The predicted molar refractivity (Wildman–Crippen MR) is 78.5 cm³/mol. The Morgan fingerprint density at radius 3 is 2.89 bits per heavy atom. The van der Waals surface area contributed by atoms with Crippen molar-refractivity contribution in [3.8, 4) is 0 Å². The van der Waals surface area contributed by atoms with Gasteiger partial charge < -0.3 is 10.3 Å². The van der Waals surface area contributed by atoms with Crippen molar-refractivity contribution in [2.24, 2.45) is 12.8 Å². The van der Waals surface area contributed by atoms with Gasteiger partial charge in [-0.1, -0.05) is 0 Å². The van der Waals surface area contributed by atoms with E-state index in [1.54, 1.807) is 11.3 Å². The topological polar surface area (TPSA) is 47.1 Å². The van der Waals surface area contributed by atoms with Crippen LogP contribution >= 0.6 is 27.3 Å². The van der Waals surface area contributed by atoms with Crippen LogP contribution in [0.15, 0.2) is 28.3 Å². The Balaban J connectivity index is 2.11. The van der Waals surface area contributed by atoms with Gasteiger partial charge in [0.15, 0.2) is 0 Å². The Morgan fingerprint density at radius 1 is 1.61 bits per heavy atom. The molecule has 0 saturated carbocycles. The molecular weight excluding hydrogens is 312 g/mol. The summed E-state index contributed by atoms with van der Waals surface area (Å²) in [4.78, 5) is 7.86. The Hall–Kier alpha value is -0.690. The maximum atomic E-state index is 5.90. The lowest BCUT2D eigenvalue weighted by Gasteiger charge is -2.25. The van der Waals surface area contributed by atoms with Gasteiger partial charge in [-0.05, 0) is 29.0 Å². The first kappa shape index (κ1) is 13.7. The third-order valence-corrected chi connectivity index (χ3v) is 4.78. The lowest BCUT2D eigenvalue weighted by atomic mass is 10.2. The molecule has 0 fully saturated rings. The predicted octanol–water partition coefficient (Wildman–Crippen LogP) is 2.38. The summed E-state index contributed by atoms with van der Waals surface area (Å²) in [5, 5.41) is 2.09. The van der Waals surface area contributed by atoms with E-state index in [4.69, 9.17) is 5.73 Å². The molecule has 0 amide bonds. The van der Waals surface area contributed by atoms with Crippen molar-refractivity contribution >= 4 is 27.3 Å². The summed E-state index contributed by atoms with van der Waals surface area (Å²) in [5.41, 5.74) is 5.90. The molecule has 0 aliphatic heterocycles. The summed E-state index contributed by atoms with van der Waals surface area (Å²) >= 11 is 5.22. The molecular formula is C12H17BrN4S. The third kappa shape index (κ3) is 3.00. The number of imidazole rings is 1. The number of hydrogen-bond donors (Lipinski definition) is 1. The van der Waals surface area contributed by atoms with Crippen LogP contribution in [0.4, 0.5) is 0 Å². The van der Waals surface area contributed by atoms with Gasteiger partial charge in [0.05, 0.1) is 12.6 Å². The highest BCUT2D eigenvalue weighted by atomic mass is 79.9. The van der Waals surface area contributed by atoms with Crippen LogP contribution in [0.2, 0.25) is 0 Å². The first-order valence-corrected chi connectivity index (χ1v) is 7.39. The second-order valence-corrected chi connectivity index (χ2v) is 6.15. The number of hydrogen-bond acceptors (Lipinski definition) is 4. The van der Waals surface area contributed by atoms with Crippen LogP contribution in [0, 0.1) is 0 Å². The standard InChI is InChI=1S/C12H17BrN4S/c1-16-4-3-15-12(16)7-17(2)10(6-14)11-5-9(13)8-18-11/h3-5,8,10H,6-7,14H2,1-2H3. The summed E-state index contributed by atoms with van der Waals surface area (Å²) in [6, 6.07) is 2.37. The number of aromatic nitrogens is 2. The summed E-state index contributed by atoms with van der Waals surface area (Å²) in [7, 11) is 4.09. The van der Waals surface area contributed by atoms with E-state index in [1.165, 1.54) is 4.88 Å². The van der Waals surface area contributed by atoms with Crippen molar-refractivity contribution in [3.63, 3.8) is 0 Å². The maximum absolute atomic E-state index is 5.90. The highest BCUT2D eigenvalue weighted by Gasteiger charge is 2.18. The van der Waals surface area contributed by atoms with Crippen LogP contribution in [0.1, 0.15) is 16.7 Å². The van der Waals surface area contributed by atoms with Gasteiger partial charge in [0.2, 0.25) is 0 Å². The number of halogens is 1. The van der Waals surface area contributed by atoms with Gasteiger partial charge in [-0.3, -0.25) is 4.90 Å². The Kier molecular flexibility index (Phi) is 4.55. The van der Waals surface area contributed by atoms with E-state index in [0.29, 0.717) is 6.54 Å². The molecule has 0 bridgehead atoms. The molecule has 0 spiro atoms. The van der Waals surface area contributed by atoms with Gasteiger partial charge in [-0.2, -0.15) is 0 Å². The summed E-state index contributed by atoms with van der Waals surface area (Å²) in [6.45, 7) is 1.40. The fraction of sp³-hybridized carbons (Fsp3) is 0.417. The Morgan fingerprint density at radius 2 is 2.39 bits per heavy atom. The van der Waals surface area contributed by atoms with Crippen molar-refractivity contribution in [3.05, 3.63) is 39.0 Å². The van der Waals surface area contributed by atoms with Gasteiger partial charge in [0, 0.05) is 40.7 Å². The molecule has 0 aromatic carbocycles. The molecule has 1 atom stereocenters. The van der Waals surface area contributed by atoms with E-state index in [9.17, 15) is 0 Å². The molecule has 0 radical (unpaired) electrons. The summed E-state index contributed by atoms with van der Waals surface area (Å²) in [5.74, 6) is 1.05. The van der Waals surface area contributed by atoms with E-state index in [0.717, 1.165) is 16.8 Å². The van der Waals surface area contributed by atoms with Crippen LogP contribution in [-0.2, 0) is 13.6 Å². The minimum Gasteiger partial charge on any atom is -0.337 e. The van der Waals surface area contributed by atoms with Gasteiger partial charge in [-0.15, -0.1) is 11.3 Å². The number of nitrogens with zero attached hydrogens (tertiary/aromatic N) is 3. The number of thiophene rings is 1. The molecule has 2 aromatic heterocycles. The first-order chi connectivity index (χ1) is 8.61. The molecule has 2 N–H and O–H groups in total. The highest BCUT2D eigenvalue weighted by Crippen LogP contribution is 2.28. The molecule has 2 aromatic rings. The number of rotatable bonds is 5. The monoisotopic (exact) mass is 328 g/mol. The quantitative estimate of drug-likeness (QED) is 0.916. The summed E-state index contributed by atoms with van der Waals surface area (Å²) in [6.07, 6.45) is 3.78. The largest absolute Gasteiger partial charge is 0.337 e. The van der Waals surface area contributed by atoms with Crippen molar-refractivity contribution in [2.45, 2.75) is 12.6 Å². The average molecular weight is 329 g/mol. The number of aryl methyl sites for hydroxylation is 1. The molecule has 2 heterocycles. The maximum Gasteiger partial charge on any atom is 0.122 e. The third-order valence-electron chi connectivity index (χ3n) is 2.98. The van der Waals surface area contributed by atoms with E-state index < -0.39 is 0 Å². The first-order valence-electron chi connectivity index (χ1n) is 5.72. The van der Waals surface area contributed by atoms with Gasteiger partial charge in [0.25, 0.3) is 0 Å². The molecule has 18 heavy (non-hydrogen) atoms. The van der Waals surface area contributed by atoms with Crippen LogP contribution in [-0.4, -0.2) is 28.0 Å². The van der Waals surface area contributed by atoms with E-state index in [2.05, 4.69) is 44.3 Å². The highest BCUT2D eigenvalue weighted by molar-refractivity contribution is 9.10. The molecule has 0 aliphatic carbocycles. The van der Waals surface area contributed by atoms with Gasteiger partial charge >= 0.3 is 0 Å². The fourth-order valence-corrected chi connectivity index (χ4v) is 3.52. The van der Waals surface area contributed by atoms with Crippen molar-refractivity contribution < 1.29 is 0 Å². The Bertz CT molecular complexity index is 508. The van der Waals surface area contributed by atoms with Crippen molar-refractivity contribution in [2.75, 3.05) is 13.6 Å².